The lowest BCUT2D eigenvalue weighted by Crippen LogP contribution is -2.39. The molecular formula is C24H26N2O5. The molecule has 1 aromatic heterocycles. The second kappa shape index (κ2) is 9.22. The van der Waals surface area contributed by atoms with Gasteiger partial charge in [-0.25, -0.2) is 4.79 Å². The lowest BCUT2D eigenvalue weighted by Gasteiger charge is -2.30. The number of methoxy groups -OCH3 is 1. The number of ether oxygens (including phenoxy) is 2. The molecule has 2 heterocycles. The molecule has 1 amide bonds. The third-order valence-electron chi connectivity index (χ3n) is 5.39. The Kier molecular flexibility index (Phi) is 6.23. The quantitative estimate of drug-likeness (QED) is 0.598. The van der Waals surface area contributed by atoms with E-state index in [0.29, 0.717) is 46.4 Å². The molecule has 1 fully saturated rings. The number of piperidine rings is 1. The minimum atomic E-state index is -0.508. The van der Waals surface area contributed by atoms with E-state index < -0.39 is 5.63 Å². The number of fused-ring (bicyclic) bond motifs is 1. The number of rotatable bonds is 6. The minimum Gasteiger partial charge on any atom is -0.497 e. The van der Waals surface area contributed by atoms with Crippen molar-refractivity contribution in [3.8, 4) is 17.2 Å². The fourth-order valence-electron chi connectivity index (χ4n) is 3.89. The maximum Gasteiger partial charge on any atom is 0.339 e. The van der Waals surface area contributed by atoms with Crippen molar-refractivity contribution in [3.63, 3.8) is 0 Å². The Balaban J connectivity index is 1.43. The van der Waals surface area contributed by atoms with Crippen LogP contribution in [0.3, 0.4) is 0 Å². The molecule has 1 aliphatic heterocycles. The van der Waals surface area contributed by atoms with E-state index in [9.17, 15) is 9.59 Å². The predicted octanol–water partition coefficient (Wildman–Crippen LogP) is 4.26. The second-order valence-electron chi connectivity index (χ2n) is 7.95. The van der Waals surface area contributed by atoms with Crippen LogP contribution in [0.25, 0.3) is 11.0 Å². The van der Waals surface area contributed by atoms with Crippen LogP contribution in [0, 0.1) is 5.92 Å². The van der Waals surface area contributed by atoms with Crippen LogP contribution >= 0.6 is 0 Å². The summed E-state index contributed by atoms with van der Waals surface area (Å²) in [5, 5.41) is 3.59. The highest BCUT2D eigenvalue weighted by atomic mass is 16.5. The molecule has 0 bridgehead atoms. The molecule has 0 spiro atoms. The third-order valence-corrected chi connectivity index (χ3v) is 5.39. The monoisotopic (exact) mass is 422 g/mol. The van der Waals surface area contributed by atoms with Crippen molar-refractivity contribution in [1.29, 1.82) is 0 Å². The number of likely N-dealkylation sites (tertiary alicyclic amines) is 1. The van der Waals surface area contributed by atoms with Gasteiger partial charge in [0.1, 0.15) is 22.8 Å². The number of anilines is 1. The first-order chi connectivity index (χ1) is 15.0. The molecule has 0 saturated carbocycles. The molecule has 162 valence electrons. The zero-order valence-corrected chi connectivity index (χ0v) is 17.7. The Hall–Kier alpha value is -3.32. The van der Waals surface area contributed by atoms with Gasteiger partial charge in [0.15, 0.2) is 0 Å². The van der Waals surface area contributed by atoms with E-state index in [1.807, 2.05) is 0 Å². The van der Waals surface area contributed by atoms with Gasteiger partial charge in [0.2, 0.25) is 5.91 Å². The molecule has 3 aromatic rings. The summed E-state index contributed by atoms with van der Waals surface area (Å²) in [4.78, 5) is 26.5. The van der Waals surface area contributed by atoms with Gasteiger partial charge in [-0.2, -0.15) is 0 Å². The molecule has 1 atom stereocenters. The van der Waals surface area contributed by atoms with Crippen molar-refractivity contribution in [2.75, 3.05) is 32.1 Å². The SMILES string of the molecule is COc1ccc2c(Oc3ccc(NC(=O)CN4CCC[C@H](C)C4)cc3)cc(=O)oc2c1. The van der Waals surface area contributed by atoms with E-state index >= 15 is 0 Å². The molecule has 2 aromatic carbocycles. The van der Waals surface area contributed by atoms with Crippen molar-refractivity contribution in [1.82, 2.24) is 4.90 Å². The molecule has 7 nitrogen and oxygen atoms in total. The fraction of sp³-hybridized carbons (Fsp3) is 0.333. The Morgan fingerprint density at radius 1 is 1.16 bits per heavy atom. The number of carbonyl (C=O) groups is 1. The Bertz CT molecular complexity index is 1120. The van der Waals surface area contributed by atoms with E-state index in [4.69, 9.17) is 13.9 Å². The molecule has 0 aliphatic carbocycles. The van der Waals surface area contributed by atoms with Gasteiger partial charge in [-0.3, -0.25) is 9.69 Å². The van der Waals surface area contributed by atoms with Crippen LogP contribution in [0.15, 0.2) is 57.7 Å². The van der Waals surface area contributed by atoms with Gasteiger partial charge in [-0.1, -0.05) is 6.92 Å². The third kappa shape index (κ3) is 5.24. The van der Waals surface area contributed by atoms with E-state index in [-0.39, 0.29) is 5.91 Å². The van der Waals surface area contributed by atoms with E-state index in [1.54, 1.807) is 49.6 Å². The summed E-state index contributed by atoms with van der Waals surface area (Å²) >= 11 is 0. The van der Waals surface area contributed by atoms with Crippen LogP contribution in [0.5, 0.6) is 17.2 Å². The van der Waals surface area contributed by atoms with Crippen LogP contribution < -0.4 is 20.4 Å². The van der Waals surface area contributed by atoms with Crippen molar-refractivity contribution in [2.24, 2.45) is 5.92 Å². The number of nitrogens with one attached hydrogen (secondary N) is 1. The maximum absolute atomic E-state index is 12.4. The Morgan fingerprint density at radius 3 is 2.68 bits per heavy atom. The van der Waals surface area contributed by atoms with Gasteiger partial charge < -0.3 is 19.2 Å². The lowest BCUT2D eigenvalue weighted by molar-refractivity contribution is -0.117. The van der Waals surface area contributed by atoms with Crippen LogP contribution in [0.2, 0.25) is 0 Å². The number of carbonyl (C=O) groups excluding carboxylic acids is 1. The Labute approximate surface area is 180 Å². The van der Waals surface area contributed by atoms with Crippen LogP contribution in [0.1, 0.15) is 19.8 Å². The van der Waals surface area contributed by atoms with Crippen molar-refractivity contribution >= 4 is 22.6 Å². The van der Waals surface area contributed by atoms with Crippen molar-refractivity contribution in [2.45, 2.75) is 19.8 Å². The van der Waals surface area contributed by atoms with Crippen LogP contribution in [-0.4, -0.2) is 37.6 Å². The first-order valence-electron chi connectivity index (χ1n) is 10.4. The normalized spacial score (nSPS) is 16.8. The molecule has 1 aliphatic rings. The molecule has 0 radical (unpaired) electrons. The summed E-state index contributed by atoms with van der Waals surface area (Å²) in [5.74, 6) is 2.14. The van der Waals surface area contributed by atoms with Gasteiger partial charge in [-0.15, -0.1) is 0 Å². The molecule has 4 rings (SSSR count). The van der Waals surface area contributed by atoms with E-state index in [2.05, 4.69) is 17.1 Å². The van der Waals surface area contributed by atoms with Gasteiger partial charge >= 0.3 is 5.63 Å². The van der Waals surface area contributed by atoms with Gasteiger partial charge in [0, 0.05) is 18.3 Å². The average Bonchev–Trinajstić information content (AvgIpc) is 2.74. The smallest absolute Gasteiger partial charge is 0.339 e. The highest BCUT2D eigenvalue weighted by Gasteiger charge is 2.18. The molecule has 1 N–H and O–H groups in total. The van der Waals surface area contributed by atoms with Crippen molar-refractivity contribution in [3.05, 3.63) is 59.0 Å². The van der Waals surface area contributed by atoms with Crippen LogP contribution in [-0.2, 0) is 4.79 Å². The topological polar surface area (TPSA) is 81.0 Å². The predicted molar refractivity (Wildman–Crippen MR) is 119 cm³/mol. The standard InChI is InChI=1S/C24H26N2O5/c1-16-4-3-11-26(14-16)15-23(27)25-17-5-7-18(8-6-17)30-22-13-24(28)31-21-12-19(29-2)9-10-20(21)22/h5-10,12-13,16H,3-4,11,14-15H2,1-2H3,(H,25,27)/t16-/m0/s1. The molecule has 7 heteroatoms. The fourth-order valence-corrected chi connectivity index (χ4v) is 3.89. The van der Waals surface area contributed by atoms with Crippen LogP contribution in [0.4, 0.5) is 5.69 Å². The van der Waals surface area contributed by atoms with Gasteiger partial charge in [0.25, 0.3) is 0 Å². The summed E-state index contributed by atoms with van der Waals surface area (Å²) in [5.41, 5.74) is 0.578. The number of nitrogens with zero attached hydrogens (tertiary/aromatic N) is 1. The minimum absolute atomic E-state index is 0.0247. The average molecular weight is 422 g/mol. The maximum atomic E-state index is 12.4. The van der Waals surface area contributed by atoms with Gasteiger partial charge in [0.05, 0.1) is 25.1 Å². The zero-order chi connectivity index (χ0) is 21.8. The zero-order valence-electron chi connectivity index (χ0n) is 17.7. The summed E-state index contributed by atoms with van der Waals surface area (Å²) < 4.78 is 16.3. The molecule has 1 saturated heterocycles. The lowest BCUT2D eigenvalue weighted by atomic mass is 10.0. The Morgan fingerprint density at radius 2 is 1.94 bits per heavy atom. The summed E-state index contributed by atoms with van der Waals surface area (Å²) in [6, 6.07) is 13.6. The summed E-state index contributed by atoms with van der Waals surface area (Å²) in [6.45, 7) is 4.55. The number of benzene rings is 2. The largest absolute Gasteiger partial charge is 0.497 e. The number of hydrogen-bond acceptors (Lipinski definition) is 6. The highest BCUT2D eigenvalue weighted by Crippen LogP contribution is 2.31. The van der Waals surface area contributed by atoms with E-state index in [0.717, 1.165) is 19.5 Å². The molecule has 31 heavy (non-hydrogen) atoms. The van der Waals surface area contributed by atoms with E-state index in [1.165, 1.54) is 12.5 Å². The summed E-state index contributed by atoms with van der Waals surface area (Å²) in [7, 11) is 1.55. The first-order valence-corrected chi connectivity index (χ1v) is 10.4. The molecular weight excluding hydrogens is 396 g/mol. The highest BCUT2D eigenvalue weighted by molar-refractivity contribution is 5.92. The molecule has 0 unspecified atom stereocenters. The second-order valence-corrected chi connectivity index (χ2v) is 7.95. The van der Waals surface area contributed by atoms with Crippen molar-refractivity contribution < 1.29 is 18.7 Å². The van der Waals surface area contributed by atoms with Gasteiger partial charge in [-0.05, 0) is 61.7 Å². The number of amides is 1. The summed E-state index contributed by atoms with van der Waals surface area (Å²) in [6.07, 6.45) is 2.37. The number of hydrogen-bond donors (Lipinski definition) is 1. The first kappa shape index (κ1) is 20.9.